The molecule has 0 amide bonds. The minimum absolute atomic E-state index is 0. The lowest BCUT2D eigenvalue weighted by Crippen LogP contribution is -2.53. The van der Waals surface area contributed by atoms with Crippen LogP contribution in [0.15, 0.2) is 54.6 Å². The first-order chi connectivity index (χ1) is 15.2. The molecule has 0 saturated carbocycles. The van der Waals surface area contributed by atoms with E-state index in [0.29, 0.717) is 18.2 Å². The molecule has 5 heteroatoms. The number of carbonyl (C=O) groups excluding carboxylic acids is 1. The summed E-state index contributed by atoms with van der Waals surface area (Å²) >= 11 is 0. The van der Waals surface area contributed by atoms with E-state index in [1.165, 1.54) is 54.5 Å². The second-order valence-electron chi connectivity index (χ2n) is 9.58. The average molecular weight is 451 g/mol. The molecule has 0 aliphatic carbocycles. The van der Waals surface area contributed by atoms with E-state index in [1.807, 2.05) is 30.3 Å². The molecule has 3 aliphatic heterocycles. The molecular formula is C27H31ClN2O2. The lowest BCUT2D eigenvalue weighted by atomic mass is 9.63. The third-order valence-corrected chi connectivity index (χ3v) is 8.16. The van der Waals surface area contributed by atoms with E-state index in [9.17, 15) is 4.79 Å². The van der Waals surface area contributed by atoms with Crippen LogP contribution in [0, 0.1) is 5.41 Å². The highest BCUT2D eigenvalue weighted by Crippen LogP contribution is 2.59. The Balaban J connectivity index is 0.00000216. The van der Waals surface area contributed by atoms with Gasteiger partial charge in [0, 0.05) is 23.1 Å². The summed E-state index contributed by atoms with van der Waals surface area (Å²) < 4.78 is 8.48. The second kappa shape index (κ2) is 8.24. The van der Waals surface area contributed by atoms with Crippen LogP contribution in [0.25, 0.3) is 10.9 Å². The molecule has 1 aromatic heterocycles. The number of carbonyl (C=O) groups is 1. The molecule has 3 aliphatic rings. The van der Waals surface area contributed by atoms with Crippen molar-refractivity contribution < 1.29 is 9.53 Å². The van der Waals surface area contributed by atoms with Gasteiger partial charge in [0.05, 0.1) is 17.6 Å². The highest BCUT2D eigenvalue weighted by molar-refractivity contribution is 5.89. The highest BCUT2D eigenvalue weighted by atomic mass is 35.5. The number of hydrogen-bond acceptors (Lipinski definition) is 3. The van der Waals surface area contributed by atoms with E-state index in [0.717, 1.165) is 12.8 Å². The smallest absolute Gasteiger partial charge is 0.338 e. The molecule has 1 fully saturated rings. The zero-order chi connectivity index (χ0) is 21.0. The number of nitrogens with zero attached hydrogens (tertiary/aromatic N) is 2. The van der Waals surface area contributed by atoms with Gasteiger partial charge in [-0.2, -0.15) is 0 Å². The fraction of sp³-hybridized carbons (Fsp3) is 0.444. The Labute approximate surface area is 196 Å². The SMILES string of the molecule is CC[C@@]12CCCN3CCc4c(n(c5ccccc45)[C@@H](COC(=O)c4ccccc4)C1)[C@@H]32.Cl. The average Bonchev–Trinajstić information content (AvgIpc) is 3.17. The Morgan fingerprint density at radius 1 is 1.09 bits per heavy atom. The molecule has 0 unspecified atom stereocenters. The van der Waals surface area contributed by atoms with Crippen LogP contribution < -0.4 is 0 Å². The first-order valence-electron chi connectivity index (χ1n) is 11.8. The van der Waals surface area contributed by atoms with Crippen molar-refractivity contribution in [2.75, 3.05) is 19.7 Å². The number of aromatic nitrogens is 1. The zero-order valence-corrected chi connectivity index (χ0v) is 19.4. The van der Waals surface area contributed by atoms with Gasteiger partial charge in [-0.15, -0.1) is 12.4 Å². The summed E-state index contributed by atoms with van der Waals surface area (Å²) in [4.78, 5) is 15.5. The molecule has 0 radical (unpaired) electrons. The van der Waals surface area contributed by atoms with Gasteiger partial charge in [-0.3, -0.25) is 4.90 Å². The first-order valence-corrected chi connectivity index (χ1v) is 11.8. The number of benzene rings is 2. The molecule has 0 bridgehead atoms. The summed E-state index contributed by atoms with van der Waals surface area (Å²) in [5, 5.41) is 1.40. The van der Waals surface area contributed by atoms with Crippen LogP contribution in [0.4, 0.5) is 0 Å². The van der Waals surface area contributed by atoms with Crippen molar-refractivity contribution in [2.24, 2.45) is 5.41 Å². The third-order valence-electron chi connectivity index (χ3n) is 8.16. The van der Waals surface area contributed by atoms with Crippen LogP contribution in [0.1, 0.15) is 66.3 Å². The summed E-state index contributed by atoms with van der Waals surface area (Å²) in [7, 11) is 0. The van der Waals surface area contributed by atoms with Gasteiger partial charge in [0.1, 0.15) is 6.61 Å². The predicted octanol–water partition coefficient (Wildman–Crippen LogP) is 5.95. The van der Waals surface area contributed by atoms with Gasteiger partial charge >= 0.3 is 5.97 Å². The van der Waals surface area contributed by atoms with E-state index in [2.05, 4.69) is 40.7 Å². The van der Waals surface area contributed by atoms with E-state index >= 15 is 0 Å². The van der Waals surface area contributed by atoms with Gasteiger partial charge in [0.2, 0.25) is 0 Å². The summed E-state index contributed by atoms with van der Waals surface area (Å²) in [5.74, 6) is -0.219. The van der Waals surface area contributed by atoms with Crippen LogP contribution >= 0.6 is 12.4 Å². The Hall–Kier alpha value is -2.30. The van der Waals surface area contributed by atoms with Crippen molar-refractivity contribution in [3.05, 3.63) is 71.4 Å². The van der Waals surface area contributed by atoms with Crippen molar-refractivity contribution in [1.29, 1.82) is 0 Å². The summed E-state index contributed by atoms with van der Waals surface area (Å²) in [5.41, 5.74) is 5.27. The maximum absolute atomic E-state index is 12.7. The normalized spacial score (nSPS) is 26.3. The van der Waals surface area contributed by atoms with Crippen molar-refractivity contribution in [3.63, 3.8) is 0 Å². The van der Waals surface area contributed by atoms with Crippen LogP contribution in [-0.4, -0.2) is 35.1 Å². The molecule has 4 heterocycles. The maximum atomic E-state index is 12.7. The number of piperidine rings is 1. The van der Waals surface area contributed by atoms with E-state index in [1.54, 1.807) is 0 Å². The molecule has 32 heavy (non-hydrogen) atoms. The Morgan fingerprint density at radius 2 is 1.88 bits per heavy atom. The molecule has 1 saturated heterocycles. The van der Waals surface area contributed by atoms with Gasteiger partial charge in [0.15, 0.2) is 0 Å². The fourth-order valence-electron chi connectivity index (χ4n) is 6.80. The first kappa shape index (κ1) is 21.5. The molecule has 168 valence electrons. The van der Waals surface area contributed by atoms with Crippen LogP contribution in [0.5, 0.6) is 0 Å². The topological polar surface area (TPSA) is 34.5 Å². The maximum Gasteiger partial charge on any atom is 0.338 e. The Bertz CT molecular complexity index is 1140. The van der Waals surface area contributed by atoms with Gasteiger partial charge < -0.3 is 9.30 Å². The minimum Gasteiger partial charge on any atom is -0.460 e. The number of fused-ring (bicyclic) bond motifs is 3. The number of para-hydroxylation sites is 1. The Kier molecular flexibility index (Phi) is 5.55. The largest absolute Gasteiger partial charge is 0.460 e. The molecule has 3 atom stereocenters. The fourth-order valence-corrected chi connectivity index (χ4v) is 6.80. The molecule has 0 spiro atoms. The lowest BCUT2D eigenvalue weighted by Gasteiger charge is -2.56. The van der Waals surface area contributed by atoms with E-state index < -0.39 is 0 Å². The van der Waals surface area contributed by atoms with Crippen LogP contribution in [0.2, 0.25) is 0 Å². The summed E-state index contributed by atoms with van der Waals surface area (Å²) in [6.45, 7) is 5.18. The van der Waals surface area contributed by atoms with Gasteiger partial charge in [-0.05, 0) is 67.8 Å². The third kappa shape index (κ3) is 3.11. The van der Waals surface area contributed by atoms with Gasteiger partial charge in [-0.1, -0.05) is 43.3 Å². The van der Waals surface area contributed by atoms with Crippen LogP contribution in [-0.2, 0) is 11.2 Å². The standard InChI is InChI=1S/C27H30N2O2.ClH/c1-2-27-14-8-15-28-16-13-22-21-11-6-7-12-23(21)29(24(22)25(27)28)20(17-27)18-31-26(30)19-9-4-3-5-10-19;/h3-7,9-12,20,25H,2,8,13-18H2,1H3;1H/t20-,25-,27-;/m1./s1. The molecule has 2 aromatic carbocycles. The Morgan fingerprint density at radius 3 is 2.69 bits per heavy atom. The van der Waals surface area contributed by atoms with E-state index in [4.69, 9.17) is 4.74 Å². The quantitative estimate of drug-likeness (QED) is 0.460. The van der Waals surface area contributed by atoms with Crippen molar-refractivity contribution in [1.82, 2.24) is 9.47 Å². The number of hydrogen-bond donors (Lipinski definition) is 0. The molecule has 0 N–H and O–H groups in total. The minimum atomic E-state index is -0.219. The predicted molar refractivity (Wildman–Crippen MR) is 130 cm³/mol. The number of esters is 1. The van der Waals surface area contributed by atoms with Crippen molar-refractivity contribution >= 4 is 29.3 Å². The highest BCUT2D eigenvalue weighted by Gasteiger charge is 2.53. The molecule has 4 nitrogen and oxygen atoms in total. The summed E-state index contributed by atoms with van der Waals surface area (Å²) in [6.07, 6.45) is 5.93. The number of ether oxygens (including phenoxy) is 1. The molecular weight excluding hydrogens is 420 g/mol. The number of rotatable bonds is 4. The van der Waals surface area contributed by atoms with Crippen molar-refractivity contribution in [3.8, 4) is 0 Å². The lowest BCUT2D eigenvalue weighted by molar-refractivity contribution is -0.0445. The zero-order valence-electron chi connectivity index (χ0n) is 18.6. The van der Waals surface area contributed by atoms with Gasteiger partial charge in [-0.25, -0.2) is 4.79 Å². The number of halogens is 1. The molecule has 6 rings (SSSR count). The second-order valence-corrected chi connectivity index (χ2v) is 9.58. The van der Waals surface area contributed by atoms with Crippen molar-refractivity contribution in [2.45, 2.75) is 51.1 Å². The van der Waals surface area contributed by atoms with E-state index in [-0.39, 0.29) is 29.8 Å². The molecule has 3 aromatic rings. The monoisotopic (exact) mass is 450 g/mol. The summed E-state index contributed by atoms with van der Waals surface area (Å²) in [6, 6.07) is 18.9. The van der Waals surface area contributed by atoms with Gasteiger partial charge in [0.25, 0.3) is 0 Å². The van der Waals surface area contributed by atoms with Crippen LogP contribution in [0.3, 0.4) is 0 Å².